The van der Waals surface area contributed by atoms with Crippen molar-refractivity contribution in [2.75, 3.05) is 13.2 Å². The molecule has 0 heterocycles. The molecule has 2 N–H and O–H groups in total. The van der Waals surface area contributed by atoms with Gasteiger partial charge < -0.3 is 19.3 Å². The predicted molar refractivity (Wildman–Crippen MR) is 184 cm³/mol. The molecule has 0 saturated carbocycles. The molecule has 0 bridgehead atoms. The maximum absolute atomic E-state index is 12.3. The van der Waals surface area contributed by atoms with Gasteiger partial charge in [0.25, 0.3) is 0 Å². The van der Waals surface area contributed by atoms with Crippen molar-refractivity contribution in [3.8, 4) is 0 Å². The standard InChI is InChI=1S/C36H69O8P/c1-3-5-7-9-11-13-15-16-17-18-19-20-21-23-24-26-28-30-35(37)42-32-34(33-43-45(39,40)41)44-36(38)31-29-27-25-22-14-12-10-8-6-4-2/h8,10,34H,3-7,9,11-33H2,1-2H3,(H2,39,40,41)/b10-8-. The van der Waals surface area contributed by atoms with E-state index < -0.39 is 32.5 Å². The third-order valence-corrected chi connectivity index (χ3v) is 8.50. The maximum Gasteiger partial charge on any atom is 0.469 e. The molecule has 0 radical (unpaired) electrons. The maximum atomic E-state index is 12.3. The van der Waals surface area contributed by atoms with Gasteiger partial charge in [0.1, 0.15) is 6.61 Å². The first kappa shape index (κ1) is 43.8. The molecular formula is C36H69O8P. The summed E-state index contributed by atoms with van der Waals surface area (Å²) in [7, 11) is -4.74. The molecule has 1 atom stereocenters. The van der Waals surface area contributed by atoms with Crippen molar-refractivity contribution in [1.82, 2.24) is 0 Å². The van der Waals surface area contributed by atoms with E-state index in [9.17, 15) is 14.2 Å². The topological polar surface area (TPSA) is 119 Å². The zero-order chi connectivity index (χ0) is 33.3. The molecular weight excluding hydrogens is 591 g/mol. The van der Waals surface area contributed by atoms with Crippen LogP contribution in [-0.2, 0) is 28.2 Å². The second kappa shape index (κ2) is 32.7. The van der Waals surface area contributed by atoms with E-state index in [2.05, 4.69) is 30.5 Å². The quantitative estimate of drug-likeness (QED) is 0.0303. The first-order valence-corrected chi connectivity index (χ1v) is 20.0. The van der Waals surface area contributed by atoms with Crippen LogP contribution in [-0.4, -0.2) is 41.0 Å². The van der Waals surface area contributed by atoms with Crippen molar-refractivity contribution in [3.63, 3.8) is 0 Å². The van der Waals surface area contributed by atoms with Crippen LogP contribution in [0.5, 0.6) is 0 Å². The summed E-state index contributed by atoms with van der Waals surface area (Å²) in [6.07, 6.45) is 33.7. The molecule has 0 aromatic carbocycles. The van der Waals surface area contributed by atoms with Crippen molar-refractivity contribution in [3.05, 3.63) is 12.2 Å². The molecule has 0 saturated heterocycles. The molecule has 0 amide bonds. The molecule has 0 rings (SSSR count). The summed E-state index contributed by atoms with van der Waals surface area (Å²) in [6, 6.07) is 0. The van der Waals surface area contributed by atoms with Crippen LogP contribution in [0.2, 0.25) is 0 Å². The van der Waals surface area contributed by atoms with E-state index in [1.54, 1.807) is 0 Å². The van der Waals surface area contributed by atoms with E-state index in [0.717, 1.165) is 57.8 Å². The highest BCUT2D eigenvalue weighted by molar-refractivity contribution is 7.46. The van der Waals surface area contributed by atoms with E-state index in [0.29, 0.717) is 6.42 Å². The van der Waals surface area contributed by atoms with Crippen LogP contribution < -0.4 is 0 Å². The Bertz CT molecular complexity index is 751. The van der Waals surface area contributed by atoms with Crippen molar-refractivity contribution >= 4 is 19.8 Å². The lowest BCUT2D eigenvalue weighted by atomic mass is 10.0. The minimum Gasteiger partial charge on any atom is -0.462 e. The second-order valence-electron chi connectivity index (χ2n) is 12.6. The summed E-state index contributed by atoms with van der Waals surface area (Å²) in [6.45, 7) is 3.61. The van der Waals surface area contributed by atoms with Gasteiger partial charge in [0.15, 0.2) is 6.10 Å². The van der Waals surface area contributed by atoms with Gasteiger partial charge >= 0.3 is 19.8 Å². The first-order chi connectivity index (χ1) is 21.8. The number of unbranched alkanes of at least 4 members (excludes halogenated alkanes) is 22. The minimum absolute atomic E-state index is 0.204. The monoisotopic (exact) mass is 660 g/mol. The normalized spacial score (nSPS) is 12.5. The molecule has 0 aliphatic rings. The molecule has 0 spiro atoms. The number of ether oxygens (including phenoxy) is 2. The van der Waals surface area contributed by atoms with Crippen LogP contribution >= 0.6 is 7.82 Å². The van der Waals surface area contributed by atoms with E-state index >= 15 is 0 Å². The molecule has 0 aromatic heterocycles. The largest absolute Gasteiger partial charge is 0.469 e. The smallest absolute Gasteiger partial charge is 0.462 e. The Labute approximate surface area is 276 Å². The zero-order valence-corrected chi connectivity index (χ0v) is 29.9. The molecule has 1 unspecified atom stereocenters. The van der Waals surface area contributed by atoms with Gasteiger partial charge in [0, 0.05) is 12.8 Å². The average molecular weight is 661 g/mol. The van der Waals surface area contributed by atoms with Gasteiger partial charge in [-0.15, -0.1) is 0 Å². The first-order valence-electron chi connectivity index (χ1n) is 18.5. The fraction of sp³-hybridized carbons (Fsp3) is 0.889. The molecule has 0 aliphatic heterocycles. The zero-order valence-electron chi connectivity index (χ0n) is 29.0. The van der Waals surface area contributed by atoms with Gasteiger partial charge in [-0.2, -0.15) is 0 Å². The molecule has 45 heavy (non-hydrogen) atoms. The van der Waals surface area contributed by atoms with Gasteiger partial charge in [0.2, 0.25) is 0 Å². The number of carbonyl (C=O) groups excluding carboxylic acids is 2. The van der Waals surface area contributed by atoms with Gasteiger partial charge in [-0.1, -0.05) is 154 Å². The van der Waals surface area contributed by atoms with Crippen LogP contribution in [0.25, 0.3) is 0 Å². The highest BCUT2D eigenvalue weighted by Crippen LogP contribution is 2.36. The lowest BCUT2D eigenvalue weighted by Gasteiger charge is -2.18. The van der Waals surface area contributed by atoms with E-state index in [-0.39, 0.29) is 19.4 Å². The third-order valence-electron chi connectivity index (χ3n) is 8.02. The number of hydrogen-bond acceptors (Lipinski definition) is 6. The molecule has 9 heteroatoms. The highest BCUT2D eigenvalue weighted by atomic mass is 31.2. The van der Waals surface area contributed by atoms with Crippen LogP contribution in [0, 0.1) is 0 Å². The lowest BCUT2D eigenvalue weighted by Crippen LogP contribution is -2.29. The predicted octanol–water partition coefficient (Wildman–Crippen LogP) is 10.7. The van der Waals surface area contributed by atoms with Gasteiger partial charge in [-0.25, -0.2) is 4.57 Å². The van der Waals surface area contributed by atoms with E-state index in [4.69, 9.17) is 19.3 Å². The van der Waals surface area contributed by atoms with E-state index in [1.807, 2.05) is 0 Å². The van der Waals surface area contributed by atoms with Crippen molar-refractivity contribution < 1.29 is 37.9 Å². The third kappa shape index (κ3) is 35.5. The Morgan fingerprint density at radius 2 is 0.978 bits per heavy atom. The molecule has 0 aliphatic carbocycles. The van der Waals surface area contributed by atoms with Crippen molar-refractivity contribution in [2.24, 2.45) is 0 Å². The van der Waals surface area contributed by atoms with Crippen LogP contribution in [0.1, 0.15) is 187 Å². The Morgan fingerprint density at radius 1 is 0.556 bits per heavy atom. The Kier molecular flexibility index (Phi) is 31.8. The summed E-state index contributed by atoms with van der Waals surface area (Å²) in [5.41, 5.74) is 0. The van der Waals surface area contributed by atoms with Crippen LogP contribution in [0.4, 0.5) is 0 Å². The highest BCUT2D eigenvalue weighted by Gasteiger charge is 2.22. The minimum atomic E-state index is -4.74. The van der Waals surface area contributed by atoms with Crippen molar-refractivity contribution in [1.29, 1.82) is 0 Å². The van der Waals surface area contributed by atoms with Gasteiger partial charge in [0.05, 0.1) is 6.61 Å². The Morgan fingerprint density at radius 3 is 1.44 bits per heavy atom. The molecule has 0 fully saturated rings. The summed E-state index contributed by atoms with van der Waals surface area (Å²) >= 11 is 0. The molecule has 8 nitrogen and oxygen atoms in total. The van der Waals surface area contributed by atoms with Crippen LogP contribution in [0.15, 0.2) is 12.2 Å². The van der Waals surface area contributed by atoms with E-state index in [1.165, 1.54) is 96.3 Å². The summed E-state index contributed by atoms with van der Waals surface area (Å²) in [5, 5.41) is 0. The van der Waals surface area contributed by atoms with Crippen molar-refractivity contribution in [2.45, 2.75) is 193 Å². The number of carbonyl (C=O) groups is 2. The fourth-order valence-electron chi connectivity index (χ4n) is 5.26. The van der Waals surface area contributed by atoms with Crippen LogP contribution in [0.3, 0.4) is 0 Å². The number of allylic oxidation sites excluding steroid dienone is 2. The molecule has 266 valence electrons. The number of phosphoric ester groups is 1. The number of phosphoric acid groups is 1. The molecule has 0 aromatic rings. The Hall–Kier alpha value is -1.21. The summed E-state index contributed by atoms with van der Waals surface area (Å²) in [4.78, 5) is 42.6. The number of rotatable bonds is 34. The summed E-state index contributed by atoms with van der Waals surface area (Å²) in [5.74, 6) is -0.890. The second-order valence-corrected chi connectivity index (χ2v) is 13.8. The summed E-state index contributed by atoms with van der Waals surface area (Å²) < 4.78 is 26.2. The van der Waals surface area contributed by atoms with Gasteiger partial charge in [-0.05, 0) is 32.1 Å². The van der Waals surface area contributed by atoms with Gasteiger partial charge in [-0.3, -0.25) is 14.1 Å². The lowest BCUT2D eigenvalue weighted by molar-refractivity contribution is -0.161. The SMILES string of the molecule is CCC/C=C\CCCCCCCC(=O)OC(COC(=O)CCCCCCCCCCCCCCCCCCC)COP(=O)(O)O. The fourth-order valence-corrected chi connectivity index (χ4v) is 5.62. The number of esters is 2. The Balaban J connectivity index is 3.89. The number of hydrogen-bond donors (Lipinski definition) is 2. The average Bonchev–Trinajstić information content (AvgIpc) is 3.00.